The topological polar surface area (TPSA) is 176 Å². The van der Waals surface area contributed by atoms with Crippen LogP contribution in [0.5, 0.6) is 0 Å². The summed E-state index contributed by atoms with van der Waals surface area (Å²) in [5, 5.41) is 11.2. The molecule has 0 aliphatic carbocycles. The largest absolute Gasteiger partial charge is 0.494 e. The van der Waals surface area contributed by atoms with Gasteiger partial charge in [-0.2, -0.15) is 0 Å². The molecule has 43 heavy (non-hydrogen) atoms. The number of carbonyl (C=O) groups excluding carboxylic acids is 6. The van der Waals surface area contributed by atoms with Crippen LogP contribution in [0.3, 0.4) is 0 Å². The highest BCUT2D eigenvalue weighted by Crippen LogP contribution is 2.21. The Balaban J connectivity index is 1.49. The summed E-state index contributed by atoms with van der Waals surface area (Å²) < 4.78 is 0. The second kappa shape index (κ2) is 13.4. The third-order valence-electron chi connectivity index (χ3n) is 7.73. The molecule has 5 amide bonds. The molecule has 0 spiro atoms. The predicted octanol–water partition coefficient (Wildman–Crippen LogP) is 0.498. The van der Waals surface area contributed by atoms with E-state index in [9.17, 15) is 33.7 Å². The van der Waals surface area contributed by atoms with Gasteiger partial charge in [0, 0.05) is 30.8 Å². The Hall–Kier alpha value is -4.94. The number of piperidine rings is 1. The van der Waals surface area contributed by atoms with Crippen LogP contribution in [0.1, 0.15) is 45.1 Å². The lowest BCUT2D eigenvalue weighted by Crippen LogP contribution is -2.66. The number of anilines is 1. The fourth-order valence-corrected chi connectivity index (χ4v) is 5.28. The molecule has 4 atom stereocenters. The van der Waals surface area contributed by atoms with Gasteiger partial charge in [-0.25, -0.2) is 0 Å². The Morgan fingerprint density at radius 1 is 1.02 bits per heavy atom. The van der Waals surface area contributed by atoms with E-state index in [4.69, 9.17) is 0 Å². The Kier molecular flexibility index (Phi) is 9.63. The van der Waals surface area contributed by atoms with E-state index >= 15 is 0 Å². The number of nitrogens with zero attached hydrogens (tertiary/aromatic N) is 3. The number of amides is 5. The number of benzene rings is 2. The first kappa shape index (κ1) is 31.0. The summed E-state index contributed by atoms with van der Waals surface area (Å²) in [6.45, 7) is 2.95. The van der Waals surface area contributed by atoms with Crippen molar-refractivity contribution in [1.82, 2.24) is 26.1 Å². The normalized spacial score (nSPS) is 21.3. The highest BCUT2D eigenvalue weighted by molar-refractivity contribution is 6.15. The molecular formula is C30H34N6O7+. The number of ketones is 1. The van der Waals surface area contributed by atoms with Gasteiger partial charge in [0.05, 0.1) is 0 Å². The fraction of sp³-hybridized carbons (Fsp3) is 0.400. The first-order valence-electron chi connectivity index (χ1n) is 14.1. The molecule has 2 heterocycles. The Morgan fingerprint density at radius 3 is 2.33 bits per heavy atom. The van der Waals surface area contributed by atoms with Gasteiger partial charge in [0.1, 0.15) is 28.7 Å². The first-order valence-corrected chi connectivity index (χ1v) is 14.1. The summed E-state index contributed by atoms with van der Waals surface area (Å²) in [6.07, 6.45) is 0.776. The van der Waals surface area contributed by atoms with Crippen LogP contribution in [0.25, 0.3) is 0 Å². The molecule has 2 fully saturated rings. The Labute approximate surface area is 248 Å². The van der Waals surface area contributed by atoms with Crippen LogP contribution >= 0.6 is 0 Å². The van der Waals surface area contributed by atoms with Gasteiger partial charge in [-0.05, 0) is 44.4 Å². The number of nitrogens with one attached hydrogen (secondary N) is 3. The zero-order valence-corrected chi connectivity index (χ0v) is 23.9. The number of hydrogen-bond acceptors (Lipinski definition) is 8. The van der Waals surface area contributed by atoms with Crippen molar-refractivity contribution in [3.8, 4) is 0 Å². The molecule has 4 rings (SSSR count). The Morgan fingerprint density at radius 2 is 1.67 bits per heavy atom. The average Bonchev–Trinajstić information content (AvgIpc) is 3.50. The lowest BCUT2D eigenvalue weighted by atomic mass is 9.88. The lowest BCUT2D eigenvalue weighted by molar-refractivity contribution is -0.147. The molecule has 0 saturated carbocycles. The summed E-state index contributed by atoms with van der Waals surface area (Å²) in [4.78, 5) is 90.8. The van der Waals surface area contributed by atoms with Crippen LogP contribution in [0.15, 0.2) is 60.7 Å². The number of Topliss-reactive ketones (excluding diaryl/α,β-unsaturated/α-hetero) is 1. The average molecular weight is 591 g/mol. The van der Waals surface area contributed by atoms with Gasteiger partial charge in [-0.15, -0.1) is 0 Å². The number of nitroso groups, excluding NO2 is 1. The molecule has 3 N–H and O–H groups in total. The minimum atomic E-state index is -1.80. The van der Waals surface area contributed by atoms with Crippen molar-refractivity contribution in [2.75, 3.05) is 11.6 Å². The third kappa shape index (κ3) is 6.93. The lowest BCUT2D eigenvalue weighted by Gasteiger charge is -2.33. The SMILES string of the molecule is C[C@H](NC(=O)[C@]1(C)NC(=O)CCC1=O)C(=O)N1CCC[C@H]1C(=O)N[C@@H](Cc1ccccc1)C(=O)N([N+]=O)c1ccccc1. The number of likely N-dealkylation sites (tertiary alicyclic amines) is 1. The van der Waals surface area contributed by atoms with Crippen LogP contribution in [0.2, 0.25) is 0 Å². The van der Waals surface area contributed by atoms with Crippen molar-refractivity contribution in [3.05, 3.63) is 71.1 Å². The minimum Gasteiger partial charge on any atom is -0.342 e. The van der Waals surface area contributed by atoms with Gasteiger partial charge in [0.2, 0.25) is 17.7 Å². The van der Waals surface area contributed by atoms with Crippen molar-refractivity contribution in [2.45, 2.75) is 69.6 Å². The standard InChI is InChI=1S/C30H34N6O7/c1-19(31-29(42)30(2)24(37)15-16-25(38)33-30)27(40)35-17-9-14-23(35)26(39)32-22(18-20-10-5-3-6-11-20)28(41)36(34-43)21-12-7-4-8-13-21/h3-8,10-13,19,22-23H,9,14-18H2,1-2H3,(H,31,42)(H,32,39)(H,33,38)/q+1/t19-,22-,23-,30+/m0/s1. The molecule has 13 heteroatoms. The summed E-state index contributed by atoms with van der Waals surface area (Å²) in [7, 11) is 0. The number of rotatable bonds is 10. The molecule has 0 unspecified atom stereocenters. The van der Waals surface area contributed by atoms with Crippen molar-refractivity contribution in [1.29, 1.82) is 0 Å². The van der Waals surface area contributed by atoms with Crippen molar-refractivity contribution in [3.63, 3.8) is 0 Å². The van der Waals surface area contributed by atoms with E-state index in [1.165, 1.54) is 18.7 Å². The van der Waals surface area contributed by atoms with Crippen LogP contribution in [-0.4, -0.2) is 70.4 Å². The van der Waals surface area contributed by atoms with Crippen LogP contribution in [0, 0.1) is 4.91 Å². The van der Waals surface area contributed by atoms with Gasteiger partial charge in [0.15, 0.2) is 11.3 Å². The molecule has 2 aliphatic heterocycles. The van der Waals surface area contributed by atoms with Gasteiger partial charge >= 0.3 is 11.2 Å². The smallest absolute Gasteiger partial charge is 0.342 e. The number of para-hydroxylation sites is 1. The zero-order chi connectivity index (χ0) is 31.1. The van der Waals surface area contributed by atoms with Crippen LogP contribution in [0.4, 0.5) is 5.69 Å². The highest BCUT2D eigenvalue weighted by atomic mass is 16.3. The zero-order valence-electron chi connectivity index (χ0n) is 23.9. The van der Waals surface area contributed by atoms with Gasteiger partial charge < -0.3 is 20.9 Å². The Bertz CT molecular complexity index is 1400. The van der Waals surface area contributed by atoms with E-state index in [0.717, 1.165) is 5.56 Å². The number of carbonyl (C=O) groups is 6. The maximum Gasteiger partial charge on any atom is 0.494 e. The molecule has 0 aromatic heterocycles. The van der Waals surface area contributed by atoms with Gasteiger partial charge in [-0.3, -0.25) is 28.8 Å². The highest BCUT2D eigenvalue weighted by Gasteiger charge is 2.46. The van der Waals surface area contributed by atoms with E-state index in [-0.39, 0.29) is 31.5 Å². The van der Waals surface area contributed by atoms with Gasteiger partial charge in [-0.1, -0.05) is 48.5 Å². The van der Waals surface area contributed by atoms with Crippen LogP contribution < -0.4 is 26.2 Å². The summed E-state index contributed by atoms with van der Waals surface area (Å²) >= 11 is 0. The minimum absolute atomic E-state index is 0.0133. The van der Waals surface area contributed by atoms with E-state index in [1.807, 2.05) is 6.07 Å². The maximum absolute atomic E-state index is 13.6. The predicted molar refractivity (Wildman–Crippen MR) is 155 cm³/mol. The van der Waals surface area contributed by atoms with Crippen molar-refractivity contribution >= 4 is 41.0 Å². The fourth-order valence-electron chi connectivity index (χ4n) is 5.28. The van der Waals surface area contributed by atoms with E-state index in [0.29, 0.717) is 17.9 Å². The second-order valence-electron chi connectivity index (χ2n) is 10.8. The molecule has 2 aromatic rings. The summed E-state index contributed by atoms with van der Waals surface area (Å²) in [6, 6.07) is 13.8. The van der Waals surface area contributed by atoms with Crippen LogP contribution in [-0.2, 0) is 35.2 Å². The first-order chi connectivity index (χ1) is 20.5. The molecule has 13 nitrogen and oxygen atoms in total. The summed E-state index contributed by atoms with van der Waals surface area (Å²) in [5.41, 5.74) is -0.833. The molecule has 225 valence electrons. The molecule has 2 aromatic carbocycles. The molecule has 1 radical (unpaired) electrons. The van der Waals surface area contributed by atoms with E-state index in [2.05, 4.69) is 21.2 Å². The van der Waals surface area contributed by atoms with Crippen molar-refractivity contribution in [2.24, 2.45) is 0 Å². The molecule has 2 saturated heterocycles. The maximum atomic E-state index is 13.6. The second-order valence-corrected chi connectivity index (χ2v) is 10.8. The van der Waals surface area contributed by atoms with Crippen molar-refractivity contribution < 1.29 is 28.8 Å². The molecule has 2 aliphatic rings. The third-order valence-corrected chi connectivity index (χ3v) is 7.73. The number of hydrogen-bond donors (Lipinski definition) is 3. The molecular weight excluding hydrogens is 556 g/mol. The van der Waals surface area contributed by atoms with E-state index < -0.39 is 59.0 Å². The van der Waals surface area contributed by atoms with Gasteiger partial charge in [0.25, 0.3) is 5.91 Å². The van der Waals surface area contributed by atoms with E-state index in [1.54, 1.807) is 54.6 Å². The monoisotopic (exact) mass is 590 g/mol. The summed E-state index contributed by atoms with van der Waals surface area (Å²) in [5.74, 6) is -3.63. The molecule has 0 bridgehead atoms. The quantitative estimate of drug-likeness (QED) is 0.267.